The van der Waals surface area contributed by atoms with Gasteiger partial charge in [0.15, 0.2) is 0 Å². The van der Waals surface area contributed by atoms with Crippen molar-refractivity contribution < 1.29 is 4.39 Å². The van der Waals surface area contributed by atoms with Gasteiger partial charge in [-0.05, 0) is 36.8 Å². The van der Waals surface area contributed by atoms with Crippen LogP contribution in [0.2, 0.25) is 0 Å². The average Bonchev–Trinajstić information content (AvgIpc) is 2.30. The molecule has 0 saturated carbocycles. The summed E-state index contributed by atoms with van der Waals surface area (Å²) in [5, 5.41) is 0. The molecule has 1 heterocycles. The summed E-state index contributed by atoms with van der Waals surface area (Å²) in [4.78, 5) is 10.2. The fourth-order valence-corrected chi connectivity index (χ4v) is 1.34. The molecule has 0 bridgehead atoms. The smallest absolute Gasteiger partial charge is 0.229 e. The van der Waals surface area contributed by atoms with Gasteiger partial charge in [0.05, 0.1) is 0 Å². The van der Waals surface area contributed by atoms with Crippen LogP contribution in [0.5, 0.6) is 0 Å². The largest absolute Gasteiger partial charge is 0.314 e. The number of aryl methyl sites for hydroxylation is 1. The van der Waals surface area contributed by atoms with E-state index in [1.807, 2.05) is 14.0 Å². The van der Waals surface area contributed by atoms with Crippen molar-refractivity contribution in [1.29, 1.82) is 0 Å². The Balaban J connectivity index is 2.28. The molecule has 1 aromatic heterocycles. The summed E-state index contributed by atoms with van der Waals surface area (Å²) in [5.74, 6) is 0.346. The molecule has 16 heavy (non-hydrogen) atoms. The first-order valence-electron chi connectivity index (χ1n) is 4.95. The number of benzene rings is 1. The molecule has 0 radical (unpaired) electrons. The maximum absolute atomic E-state index is 12.8. The van der Waals surface area contributed by atoms with E-state index in [1.54, 1.807) is 29.4 Å². The zero-order valence-corrected chi connectivity index (χ0v) is 9.18. The molecule has 2 rings (SSSR count). The van der Waals surface area contributed by atoms with E-state index in [4.69, 9.17) is 0 Å². The molecule has 0 aliphatic rings. The van der Waals surface area contributed by atoms with Gasteiger partial charge in [0.2, 0.25) is 5.95 Å². The van der Waals surface area contributed by atoms with E-state index in [2.05, 4.69) is 9.97 Å². The van der Waals surface area contributed by atoms with Crippen molar-refractivity contribution in [2.75, 3.05) is 11.9 Å². The van der Waals surface area contributed by atoms with Crippen LogP contribution in [0.3, 0.4) is 0 Å². The van der Waals surface area contributed by atoms with Gasteiger partial charge < -0.3 is 4.90 Å². The van der Waals surface area contributed by atoms with Crippen molar-refractivity contribution in [1.82, 2.24) is 9.97 Å². The molecule has 0 saturated heterocycles. The number of hydrogen-bond donors (Lipinski definition) is 0. The molecule has 0 N–H and O–H groups in total. The molecule has 0 atom stereocenters. The third kappa shape index (κ3) is 2.16. The molecular formula is C12H12FN3. The molecule has 0 amide bonds. The molecule has 2 aromatic rings. The quantitative estimate of drug-likeness (QED) is 0.774. The van der Waals surface area contributed by atoms with E-state index in [-0.39, 0.29) is 5.82 Å². The van der Waals surface area contributed by atoms with Crippen LogP contribution in [-0.2, 0) is 0 Å². The first kappa shape index (κ1) is 10.5. The number of aromatic nitrogens is 2. The van der Waals surface area contributed by atoms with Crippen LogP contribution < -0.4 is 4.90 Å². The van der Waals surface area contributed by atoms with Crippen LogP contribution >= 0.6 is 0 Å². The van der Waals surface area contributed by atoms with Gasteiger partial charge in [0.25, 0.3) is 0 Å². The fourth-order valence-electron chi connectivity index (χ4n) is 1.34. The lowest BCUT2D eigenvalue weighted by molar-refractivity contribution is 0.628. The van der Waals surface area contributed by atoms with Gasteiger partial charge in [-0.15, -0.1) is 0 Å². The number of rotatable bonds is 2. The lowest BCUT2D eigenvalue weighted by Gasteiger charge is -2.16. The molecule has 3 nitrogen and oxygen atoms in total. The Kier molecular flexibility index (Phi) is 2.81. The number of anilines is 2. The molecule has 1 aromatic carbocycles. The molecule has 0 aliphatic carbocycles. The minimum absolute atomic E-state index is 0.248. The second kappa shape index (κ2) is 4.26. The first-order valence-corrected chi connectivity index (χ1v) is 4.95. The number of nitrogens with zero attached hydrogens (tertiary/aromatic N) is 3. The SMILES string of the molecule is Cc1cnc(N(C)c2ccc(F)cc2)nc1. The maximum atomic E-state index is 12.8. The van der Waals surface area contributed by atoms with Gasteiger partial charge in [-0.1, -0.05) is 0 Å². The summed E-state index contributed by atoms with van der Waals surface area (Å²) in [6.07, 6.45) is 3.50. The van der Waals surface area contributed by atoms with Crippen LogP contribution in [0.15, 0.2) is 36.7 Å². The lowest BCUT2D eigenvalue weighted by atomic mass is 10.3. The highest BCUT2D eigenvalue weighted by Gasteiger charge is 2.05. The van der Waals surface area contributed by atoms with E-state index in [0.29, 0.717) is 5.95 Å². The topological polar surface area (TPSA) is 29.0 Å². The van der Waals surface area contributed by atoms with Crippen molar-refractivity contribution in [3.05, 3.63) is 48.0 Å². The highest BCUT2D eigenvalue weighted by Crippen LogP contribution is 2.19. The molecular weight excluding hydrogens is 205 g/mol. The maximum Gasteiger partial charge on any atom is 0.229 e. The average molecular weight is 217 g/mol. The van der Waals surface area contributed by atoms with E-state index in [0.717, 1.165) is 11.3 Å². The number of halogens is 1. The Morgan fingerprint density at radius 2 is 1.62 bits per heavy atom. The molecule has 0 unspecified atom stereocenters. The summed E-state index contributed by atoms with van der Waals surface area (Å²) < 4.78 is 12.8. The summed E-state index contributed by atoms with van der Waals surface area (Å²) in [7, 11) is 1.85. The van der Waals surface area contributed by atoms with E-state index >= 15 is 0 Å². The third-order valence-electron chi connectivity index (χ3n) is 2.28. The Hall–Kier alpha value is -1.97. The summed E-state index contributed by atoms with van der Waals surface area (Å²) in [6, 6.07) is 6.22. The van der Waals surface area contributed by atoms with Crippen LogP contribution in [-0.4, -0.2) is 17.0 Å². The Bertz CT molecular complexity index is 419. The molecule has 0 spiro atoms. The first-order chi connectivity index (χ1) is 7.66. The Morgan fingerprint density at radius 3 is 2.19 bits per heavy atom. The van der Waals surface area contributed by atoms with Gasteiger partial charge in [0, 0.05) is 25.1 Å². The van der Waals surface area contributed by atoms with Crippen LogP contribution in [0.25, 0.3) is 0 Å². The van der Waals surface area contributed by atoms with Crippen LogP contribution in [0.1, 0.15) is 5.56 Å². The van der Waals surface area contributed by atoms with Crippen molar-refractivity contribution >= 4 is 11.6 Å². The predicted molar refractivity (Wildman–Crippen MR) is 61.2 cm³/mol. The third-order valence-corrected chi connectivity index (χ3v) is 2.28. The van der Waals surface area contributed by atoms with Gasteiger partial charge >= 0.3 is 0 Å². The number of hydrogen-bond acceptors (Lipinski definition) is 3. The van der Waals surface area contributed by atoms with E-state index in [1.165, 1.54) is 12.1 Å². The van der Waals surface area contributed by atoms with Crippen molar-refractivity contribution in [2.24, 2.45) is 0 Å². The van der Waals surface area contributed by atoms with Crippen LogP contribution in [0, 0.1) is 12.7 Å². The zero-order chi connectivity index (χ0) is 11.5. The minimum atomic E-state index is -0.248. The Labute approximate surface area is 93.6 Å². The Morgan fingerprint density at radius 1 is 1.06 bits per heavy atom. The van der Waals surface area contributed by atoms with E-state index in [9.17, 15) is 4.39 Å². The lowest BCUT2D eigenvalue weighted by Crippen LogP contribution is -2.12. The highest BCUT2D eigenvalue weighted by atomic mass is 19.1. The molecule has 4 heteroatoms. The van der Waals surface area contributed by atoms with Crippen LogP contribution in [0.4, 0.5) is 16.0 Å². The normalized spacial score (nSPS) is 10.2. The molecule has 0 fully saturated rings. The minimum Gasteiger partial charge on any atom is -0.314 e. The summed E-state index contributed by atoms with van der Waals surface area (Å²) in [6.45, 7) is 1.93. The zero-order valence-electron chi connectivity index (χ0n) is 9.18. The van der Waals surface area contributed by atoms with Crippen molar-refractivity contribution in [2.45, 2.75) is 6.92 Å². The monoisotopic (exact) mass is 217 g/mol. The highest BCUT2D eigenvalue weighted by molar-refractivity contribution is 5.55. The van der Waals surface area contributed by atoms with Gasteiger partial charge in [-0.25, -0.2) is 14.4 Å². The standard InChI is InChI=1S/C12H12FN3/c1-9-7-14-12(15-8-9)16(2)11-5-3-10(13)4-6-11/h3-8H,1-2H3. The fraction of sp³-hybridized carbons (Fsp3) is 0.167. The van der Waals surface area contributed by atoms with Gasteiger partial charge in [-0.2, -0.15) is 0 Å². The summed E-state index contributed by atoms with van der Waals surface area (Å²) >= 11 is 0. The predicted octanol–water partition coefficient (Wildman–Crippen LogP) is 2.69. The molecule has 0 aliphatic heterocycles. The summed E-state index contributed by atoms with van der Waals surface area (Å²) in [5.41, 5.74) is 1.86. The second-order valence-electron chi connectivity index (χ2n) is 3.60. The molecule has 82 valence electrons. The van der Waals surface area contributed by atoms with Gasteiger partial charge in [-0.3, -0.25) is 0 Å². The van der Waals surface area contributed by atoms with Gasteiger partial charge in [0.1, 0.15) is 5.82 Å². The van der Waals surface area contributed by atoms with Crippen molar-refractivity contribution in [3.63, 3.8) is 0 Å². The van der Waals surface area contributed by atoms with E-state index < -0.39 is 0 Å². The van der Waals surface area contributed by atoms with Crippen molar-refractivity contribution in [3.8, 4) is 0 Å². The second-order valence-corrected chi connectivity index (χ2v) is 3.60.